The average Bonchev–Trinajstić information content (AvgIpc) is 2.47. The molecule has 1 aliphatic rings. The van der Waals surface area contributed by atoms with Gasteiger partial charge in [0.25, 0.3) is 0 Å². The molecule has 0 aliphatic carbocycles. The maximum Gasteiger partial charge on any atom is 0.328 e. The number of urea groups is 1. The molecule has 1 heterocycles. The Labute approximate surface area is 121 Å². The van der Waals surface area contributed by atoms with Crippen molar-refractivity contribution in [3.8, 4) is 0 Å². The number of nitrogens with zero attached hydrogens (tertiary/aromatic N) is 1. The van der Waals surface area contributed by atoms with Crippen molar-refractivity contribution in [3.63, 3.8) is 0 Å². The molecule has 0 spiro atoms. The van der Waals surface area contributed by atoms with Gasteiger partial charge < -0.3 is 15.7 Å². The molecule has 0 saturated carbocycles. The summed E-state index contributed by atoms with van der Waals surface area (Å²) >= 11 is 0. The zero-order chi connectivity index (χ0) is 15.4. The Morgan fingerprint density at radius 2 is 2.05 bits per heavy atom. The number of carbonyl (C=O) groups is 3. The van der Waals surface area contributed by atoms with Crippen LogP contribution in [0.3, 0.4) is 0 Å². The SMILES string of the molecule is CCc1ccc(NC(=O)N2CC(=O)NCC2C(=O)O)cc1. The lowest BCUT2D eigenvalue weighted by Gasteiger charge is -2.32. The Bertz CT molecular complexity index is 556. The van der Waals surface area contributed by atoms with Crippen LogP contribution in [-0.4, -0.2) is 47.0 Å². The number of carbonyl (C=O) groups excluding carboxylic acids is 2. The Balaban J connectivity index is 2.08. The van der Waals surface area contributed by atoms with Gasteiger partial charge in [-0.2, -0.15) is 0 Å². The predicted octanol–water partition coefficient (Wildman–Crippen LogP) is 0.666. The van der Waals surface area contributed by atoms with Crippen molar-refractivity contribution in [1.82, 2.24) is 10.2 Å². The van der Waals surface area contributed by atoms with Crippen LogP contribution in [0.5, 0.6) is 0 Å². The van der Waals surface area contributed by atoms with Gasteiger partial charge in [-0.05, 0) is 24.1 Å². The fourth-order valence-corrected chi connectivity index (χ4v) is 2.09. The molecule has 0 bridgehead atoms. The minimum atomic E-state index is -1.15. The lowest BCUT2D eigenvalue weighted by Crippen LogP contribution is -2.60. The molecule has 3 N–H and O–H groups in total. The van der Waals surface area contributed by atoms with Crippen LogP contribution in [0.15, 0.2) is 24.3 Å². The molecule has 112 valence electrons. The van der Waals surface area contributed by atoms with E-state index in [2.05, 4.69) is 10.6 Å². The summed E-state index contributed by atoms with van der Waals surface area (Å²) in [6, 6.07) is 5.60. The molecule has 1 fully saturated rings. The number of benzene rings is 1. The van der Waals surface area contributed by atoms with Gasteiger partial charge in [0.1, 0.15) is 12.6 Å². The molecule has 1 atom stereocenters. The van der Waals surface area contributed by atoms with Gasteiger partial charge in [-0.15, -0.1) is 0 Å². The molecule has 0 aromatic heterocycles. The van der Waals surface area contributed by atoms with Crippen molar-refractivity contribution < 1.29 is 19.5 Å². The summed E-state index contributed by atoms with van der Waals surface area (Å²) in [5.41, 5.74) is 1.70. The lowest BCUT2D eigenvalue weighted by atomic mass is 10.1. The van der Waals surface area contributed by atoms with Crippen molar-refractivity contribution in [2.45, 2.75) is 19.4 Å². The maximum atomic E-state index is 12.2. The van der Waals surface area contributed by atoms with Crippen molar-refractivity contribution in [2.75, 3.05) is 18.4 Å². The van der Waals surface area contributed by atoms with Crippen LogP contribution in [-0.2, 0) is 16.0 Å². The van der Waals surface area contributed by atoms with Gasteiger partial charge in [-0.3, -0.25) is 9.69 Å². The second-order valence-electron chi connectivity index (χ2n) is 4.77. The summed E-state index contributed by atoms with van der Waals surface area (Å²) in [5.74, 6) is -1.52. The number of aryl methyl sites for hydroxylation is 1. The summed E-state index contributed by atoms with van der Waals surface area (Å²) in [6.45, 7) is 1.67. The number of nitrogens with one attached hydrogen (secondary N) is 2. The quantitative estimate of drug-likeness (QED) is 0.762. The number of piperazine rings is 1. The van der Waals surface area contributed by atoms with Gasteiger partial charge in [0.2, 0.25) is 5.91 Å². The number of carboxylic acid groups (broad SMARTS) is 1. The average molecular weight is 291 g/mol. The van der Waals surface area contributed by atoms with E-state index in [0.29, 0.717) is 5.69 Å². The van der Waals surface area contributed by atoms with Crippen molar-refractivity contribution in [1.29, 1.82) is 0 Å². The molecule has 7 heteroatoms. The van der Waals surface area contributed by atoms with Crippen molar-refractivity contribution in [2.24, 2.45) is 0 Å². The zero-order valence-electron chi connectivity index (χ0n) is 11.6. The Morgan fingerprint density at radius 3 is 2.62 bits per heavy atom. The minimum absolute atomic E-state index is 0.0869. The lowest BCUT2D eigenvalue weighted by molar-refractivity contribution is -0.144. The number of hydrogen-bond donors (Lipinski definition) is 3. The molecule has 1 aromatic carbocycles. The highest BCUT2D eigenvalue weighted by Gasteiger charge is 2.35. The van der Waals surface area contributed by atoms with Crippen LogP contribution in [0.25, 0.3) is 0 Å². The molecule has 0 radical (unpaired) electrons. The fraction of sp³-hybridized carbons (Fsp3) is 0.357. The first kappa shape index (κ1) is 14.8. The standard InChI is InChI=1S/C14H17N3O4/c1-2-9-3-5-10(6-4-9)16-14(21)17-8-12(18)15-7-11(17)13(19)20/h3-6,11H,2,7-8H2,1H3,(H,15,18)(H,16,21)(H,19,20). The third kappa shape index (κ3) is 3.50. The van der Waals surface area contributed by atoms with Crippen LogP contribution < -0.4 is 10.6 Å². The second-order valence-corrected chi connectivity index (χ2v) is 4.77. The number of aliphatic carboxylic acids is 1. The van der Waals surface area contributed by atoms with Gasteiger partial charge in [0.15, 0.2) is 0 Å². The van der Waals surface area contributed by atoms with E-state index < -0.39 is 18.0 Å². The predicted molar refractivity (Wildman–Crippen MR) is 76.0 cm³/mol. The number of carboxylic acids is 1. The summed E-state index contributed by atoms with van der Waals surface area (Å²) in [4.78, 5) is 35.7. The van der Waals surface area contributed by atoms with E-state index in [9.17, 15) is 14.4 Å². The van der Waals surface area contributed by atoms with Gasteiger partial charge in [0, 0.05) is 12.2 Å². The van der Waals surface area contributed by atoms with Gasteiger partial charge >= 0.3 is 12.0 Å². The minimum Gasteiger partial charge on any atom is -0.480 e. The van der Waals surface area contributed by atoms with Gasteiger partial charge in [-0.1, -0.05) is 19.1 Å². The number of hydrogen-bond acceptors (Lipinski definition) is 3. The van der Waals surface area contributed by atoms with E-state index in [-0.39, 0.29) is 19.0 Å². The van der Waals surface area contributed by atoms with Crippen LogP contribution >= 0.6 is 0 Å². The first-order valence-corrected chi connectivity index (χ1v) is 6.67. The molecule has 2 rings (SSSR count). The second kappa shape index (κ2) is 6.25. The van der Waals surface area contributed by atoms with E-state index in [4.69, 9.17) is 5.11 Å². The maximum absolute atomic E-state index is 12.2. The van der Waals surface area contributed by atoms with E-state index in [1.165, 1.54) is 0 Å². The fourth-order valence-electron chi connectivity index (χ4n) is 2.09. The molecule has 1 unspecified atom stereocenters. The molecule has 7 nitrogen and oxygen atoms in total. The first-order valence-electron chi connectivity index (χ1n) is 6.67. The Hall–Kier alpha value is -2.57. The summed E-state index contributed by atoms with van der Waals surface area (Å²) in [6.07, 6.45) is 0.890. The van der Waals surface area contributed by atoms with Crippen LogP contribution in [0, 0.1) is 0 Å². The summed E-state index contributed by atoms with van der Waals surface area (Å²) in [5, 5.41) is 14.2. The topological polar surface area (TPSA) is 98.7 Å². The van der Waals surface area contributed by atoms with Crippen molar-refractivity contribution >= 4 is 23.6 Å². The number of anilines is 1. The number of rotatable bonds is 3. The normalized spacial score (nSPS) is 18.0. The third-order valence-corrected chi connectivity index (χ3v) is 3.34. The van der Waals surface area contributed by atoms with E-state index in [1.54, 1.807) is 12.1 Å². The third-order valence-electron chi connectivity index (χ3n) is 3.34. The van der Waals surface area contributed by atoms with Crippen LogP contribution in [0.4, 0.5) is 10.5 Å². The van der Waals surface area contributed by atoms with Crippen LogP contribution in [0.1, 0.15) is 12.5 Å². The summed E-state index contributed by atoms with van der Waals surface area (Å²) < 4.78 is 0. The first-order chi connectivity index (χ1) is 10.0. The van der Waals surface area contributed by atoms with E-state index in [0.717, 1.165) is 16.9 Å². The Kier molecular flexibility index (Phi) is 4.42. The molecular formula is C14H17N3O4. The van der Waals surface area contributed by atoms with Crippen molar-refractivity contribution in [3.05, 3.63) is 29.8 Å². The molecule has 1 aromatic rings. The molecule has 21 heavy (non-hydrogen) atoms. The molecule has 3 amide bonds. The number of amides is 3. The molecular weight excluding hydrogens is 274 g/mol. The smallest absolute Gasteiger partial charge is 0.328 e. The van der Waals surface area contributed by atoms with E-state index in [1.807, 2.05) is 19.1 Å². The molecule has 1 saturated heterocycles. The highest BCUT2D eigenvalue weighted by Crippen LogP contribution is 2.13. The van der Waals surface area contributed by atoms with Gasteiger partial charge in [0.05, 0.1) is 0 Å². The largest absolute Gasteiger partial charge is 0.480 e. The summed E-state index contributed by atoms with van der Waals surface area (Å²) in [7, 11) is 0. The van der Waals surface area contributed by atoms with E-state index >= 15 is 0 Å². The monoisotopic (exact) mass is 291 g/mol. The zero-order valence-corrected chi connectivity index (χ0v) is 11.6. The molecule has 1 aliphatic heterocycles. The highest BCUT2D eigenvalue weighted by molar-refractivity contribution is 5.96. The van der Waals surface area contributed by atoms with Crippen LogP contribution in [0.2, 0.25) is 0 Å². The van der Waals surface area contributed by atoms with Gasteiger partial charge in [-0.25, -0.2) is 9.59 Å². The Morgan fingerprint density at radius 1 is 1.38 bits per heavy atom. The highest BCUT2D eigenvalue weighted by atomic mass is 16.4.